The zero-order chi connectivity index (χ0) is 58.4. The number of carbonyl (C=O) groups is 2. The highest BCUT2D eigenvalue weighted by Crippen LogP contribution is 2.38. The number of rotatable bonds is 60. The van der Waals surface area contributed by atoms with Gasteiger partial charge >= 0.3 is 11.9 Å². The van der Waals surface area contributed by atoms with E-state index in [2.05, 4.69) is 111 Å². The summed E-state index contributed by atoms with van der Waals surface area (Å²) in [4.78, 5) is 38.0. The van der Waals surface area contributed by atoms with E-state index < -0.39 is 32.5 Å². The lowest BCUT2D eigenvalue weighted by atomic mass is 10.0. The molecule has 2 unspecified atom stereocenters. The molecule has 0 bridgehead atoms. The fraction of sp³-hybridized carbons (Fsp3) is 0.743. The zero-order valence-corrected chi connectivity index (χ0v) is 53.4. The van der Waals surface area contributed by atoms with Crippen molar-refractivity contribution >= 4 is 19.8 Å². The summed E-state index contributed by atoms with van der Waals surface area (Å²) in [5, 5.41) is 0. The van der Waals surface area contributed by atoms with Crippen LogP contribution in [0, 0.1) is 0 Å². The maximum Gasteiger partial charge on any atom is 0.306 e. The summed E-state index contributed by atoms with van der Waals surface area (Å²) < 4.78 is 34.2. The number of phosphoric acid groups is 1. The largest absolute Gasteiger partial charge is 0.756 e. The van der Waals surface area contributed by atoms with Crippen LogP contribution in [0.2, 0.25) is 0 Å². The van der Waals surface area contributed by atoms with E-state index in [4.69, 9.17) is 18.5 Å². The number of nitrogens with zero attached hydrogens (tertiary/aromatic N) is 1. The molecule has 0 aliphatic rings. The lowest BCUT2D eigenvalue weighted by Gasteiger charge is -2.28. The van der Waals surface area contributed by atoms with Gasteiger partial charge < -0.3 is 27.9 Å². The first-order chi connectivity index (χ1) is 39.0. The molecular formula is C70H124NO8P. The molecule has 0 fully saturated rings. The third kappa shape index (κ3) is 64.1. The molecule has 0 amide bonds. The monoisotopic (exact) mass is 1140 g/mol. The Bertz CT molecular complexity index is 1670. The Hall–Kier alpha value is -3.07. The van der Waals surface area contributed by atoms with Crippen molar-refractivity contribution in [2.75, 3.05) is 47.5 Å². The van der Waals surface area contributed by atoms with Crippen LogP contribution in [-0.4, -0.2) is 70.0 Å². The normalized spacial score (nSPS) is 13.8. The zero-order valence-electron chi connectivity index (χ0n) is 52.5. The highest BCUT2D eigenvalue weighted by atomic mass is 31.2. The van der Waals surface area contributed by atoms with Gasteiger partial charge in [-0.1, -0.05) is 272 Å². The standard InChI is InChI=1S/C70H124NO8P/c1-6-8-10-12-14-16-18-20-22-24-26-28-30-32-33-34-35-36-37-39-40-42-44-46-48-50-52-54-56-58-60-62-69(72)76-66-68(67-78-80(74,75)77-65-64-71(3,4)5)79-70(73)63-61-59-57-55-53-51-49-47-45-43-41-38-31-29-27-25-23-21-19-17-15-13-11-9-7-2/h9,11,15,17,21,23-24,26-27,29,38,41,45,47,51,53,68H,6-8,10,12-14,16,18-20,22,25,28,30-37,39-40,42-44,46,48-50,52,54-67H2,1-5H3/b11-9-,17-15-,23-21-,26-24-,29-27-,41-38-,47-45-,53-51-. The van der Waals surface area contributed by atoms with E-state index in [1.165, 1.54) is 167 Å². The van der Waals surface area contributed by atoms with E-state index in [0.717, 1.165) is 83.5 Å². The number of phosphoric ester groups is 1. The Morgan fingerprint density at radius 1 is 0.400 bits per heavy atom. The predicted octanol–water partition coefficient (Wildman–Crippen LogP) is 20.5. The number of esters is 2. The Morgan fingerprint density at radius 3 is 1.09 bits per heavy atom. The van der Waals surface area contributed by atoms with Crippen LogP contribution in [0.15, 0.2) is 97.2 Å². The molecule has 0 aliphatic heterocycles. The van der Waals surface area contributed by atoms with Gasteiger partial charge in [-0.25, -0.2) is 0 Å². The molecule has 2 atom stereocenters. The molecule has 0 aromatic heterocycles. The summed E-state index contributed by atoms with van der Waals surface area (Å²) in [5.74, 6) is -0.868. The van der Waals surface area contributed by atoms with Gasteiger partial charge in [-0.2, -0.15) is 0 Å². The molecule has 80 heavy (non-hydrogen) atoms. The number of quaternary nitrogens is 1. The highest BCUT2D eigenvalue weighted by molar-refractivity contribution is 7.45. The van der Waals surface area contributed by atoms with E-state index in [1.54, 1.807) is 0 Å². The number of ether oxygens (including phenoxy) is 2. The van der Waals surface area contributed by atoms with E-state index in [0.29, 0.717) is 17.4 Å². The van der Waals surface area contributed by atoms with Crippen molar-refractivity contribution in [1.29, 1.82) is 0 Å². The Labute approximate surface area is 493 Å². The highest BCUT2D eigenvalue weighted by Gasteiger charge is 2.22. The van der Waals surface area contributed by atoms with Gasteiger partial charge in [0.1, 0.15) is 19.8 Å². The summed E-state index contributed by atoms with van der Waals surface area (Å²) in [6, 6.07) is 0. The molecule has 10 heteroatoms. The van der Waals surface area contributed by atoms with E-state index in [9.17, 15) is 19.0 Å². The number of hydrogen-bond donors (Lipinski definition) is 0. The summed E-state index contributed by atoms with van der Waals surface area (Å²) in [5.41, 5.74) is 0. The average Bonchev–Trinajstić information content (AvgIpc) is 3.42. The van der Waals surface area contributed by atoms with Crippen molar-refractivity contribution in [3.05, 3.63) is 97.2 Å². The molecule has 462 valence electrons. The molecule has 0 rings (SSSR count). The van der Waals surface area contributed by atoms with Crippen molar-refractivity contribution in [2.24, 2.45) is 0 Å². The third-order valence-electron chi connectivity index (χ3n) is 14.1. The SMILES string of the molecule is CC/C=C\C/C=C\C/C=C\C/C=C\C/C=C\C/C=C\C/C=C\CCCCCC(=O)OC(COC(=O)CCCCCCCCCCCCCCCCCCCCC/C=C\CCCCCCCCCC)COP(=O)([O-])OCC[N+](C)(C)C. The molecule has 0 saturated heterocycles. The van der Waals surface area contributed by atoms with Gasteiger partial charge in [-0.15, -0.1) is 0 Å². The predicted molar refractivity (Wildman–Crippen MR) is 342 cm³/mol. The van der Waals surface area contributed by atoms with Gasteiger partial charge in [0, 0.05) is 12.8 Å². The number of allylic oxidation sites excluding steroid dienone is 16. The van der Waals surface area contributed by atoms with Crippen molar-refractivity contribution in [3.8, 4) is 0 Å². The summed E-state index contributed by atoms with van der Waals surface area (Å²) in [6.45, 7) is 4.11. The Kier molecular flexibility index (Phi) is 58.2. The second kappa shape index (κ2) is 60.5. The van der Waals surface area contributed by atoms with Gasteiger partial charge in [0.05, 0.1) is 27.7 Å². The molecule has 0 aromatic carbocycles. The fourth-order valence-corrected chi connectivity index (χ4v) is 9.77. The smallest absolute Gasteiger partial charge is 0.306 e. The van der Waals surface area contributed by atoms with Gasteiger partial charge in [-0.05, 0) is 96.3 Å². The summed E-state index contributed by atoms with van der Waals surface area (Å²) in [7, 11) is 1.14. The minimum absolute atomic E-state index is 0.0416. The van der Waals surface area contributed by atoms with E-state index >= 15 is 0 Å². The van der Waals surface area contributed by atoms with Gasteiger partial charge in [0.25, 0.3) is 7.82 Å². The number of carbonyl (C=O) groups excluding carboxylic acids is 2. The van der Waals surface area contributed by atoms with Crippen LogP contribution in [0.25, 0.3) is 0 Å². The Morgan fingerprint density at radius 2 is 0.713 bits per heavy atom. The lowest BCUT2D eigenvalue weighted by Crippen LogP contribution is -2.37. The maximum absolute atomic E-state index is 12.8. The van der Waals surface area contributed by atoms with Crippen molar-refractivity contribution in [2.45, 2.75) is 290 Å². The topological polar surface area (TPSA) is 111 Å². The minimum atomic E-state index is -4.65. The number of hydrogen-bond acceptors (Lipinski definition) is 8. The number of unbranched alkanes of at least 4 members (excludes halogenated alkanes) is 30. The first-order valence-corrected chi connectivity index (χ1v) is 34.4. The first kappa shape index (κ1) is 76.9. The van der Waals surface area contributed by atoms with Gasteiger partial charge in [-0.3, -0.25) is 14.2 Å². The summed E-state index contributed by atoms with van der Waals surface area (Å²) >= 11 is 0. The van der Waals surface area contributed by atoms with Gasteiger partial charge in [0.15, 0.2) is 6.10 Å². The minimum Gasteiger partial charge on any atom is -0.756 e. The second-order valence-electron chi connectivity index (χ2n) is 23.1. The van der Waals surface area contributed by atoms with E-state index in [-0.39, 0.29) is 26.1 Å². The average molecular weight is 1140 g/mol. The van der Waals surface area contributed by atoms with E-state index in [1.807, 2.05) is 21.1 Å². The van der Waals surface area contributed by atoms with Crippen LogP contribution in [0.5, 0.6) is 0 Å². The molecule has 0 saturated carbocycles. The molecule has 0 aromatic rings. The molecule has 9 nitrogen and oxygen atoms in total. The third-order valence-corrected chi connectivity index (χ3v) is 15.1. The molecule has 0 aliphatic carbocycles. The van der Waals surface area contributed by atoms with Gasteiger partial charge in [0.2, 0.25) is 0 Å². The van der Waals surface area contributed by atoms with Crippen LogP contribution in [-0.2, 0) is 32.7 Å². The molecule has 0 spiro atoms. The van der Waals surface area contributed by atoms with Crippen LogP contribution < -0.4 is 4.89 Å². The second-order valence-corrected chi connectivity index (χ2v) is 24.5. The number of likely N-dealkylation sites (N-methyl/N-ethyl adjacent to an activating group) is 1. The van der Waals surface area contributed by atoms with Crippen LogP contribution >= 0.6 is 7.82 Å². The lowest BCUT2D eigenvalue weighted by molar-refractivity contribution is -0.870. The van der Waals surface area contributed by atoms with Crippen molar-refractivity contribution in [1.82, 2.24) is 0 Å². The van der Waals surface area contributed by atoms with Crippen molar-refractivity contribution < 1.29 is 42.1 Å². The molecular weight excluding hydrogens is 1010 g/mol. The molecule has 0 radical (unpaired) electrons. The summed E-state index contributed by atoms with van der Waals surface area (Å²) in [6.07, 6.45) is 83.4. The quantitative estimate of drug-likeness (QED) is 0.0195. The van der Waals surface area contributed by atoms with Crippen molar-refractivity contribution in [3.63, 3.8) is 0 Å². The van der Waals surface area contributed by atoms with Crippen LogP contribution in [0.1, 0.15) is 284 Å². The van der Waals surface area contributed by atoms with Crippen LogP contribution in [0.3, 0.4) is 0 Å². The molecule has 0 N–H and O–H groups in total. The Balaban J connectivity index is 4.12. The first-order valence-electron chi connectivity index (χ1n) is 32.9. The van der Waals surface area contributed by atoms with Crippen LogP contribution in [0.4, 0.5) is 0 Å². The fourth-order valence-electron chi connectivity index (χ4n) is 9.04. The maximum atomic E-state index is 12.8. The molecule has 0 heterocycles.